The van der Waals surface area contributed by atoms with Crippen LogP contribution < -0.4 is 9.88 Å². The third kappa shape index (κ3) is 2.37. The fourth-order valence-electron chi connectivity index (χ4n) is 0.788. The SMILES string of the molecule is CC(=O)Nc1cc[n+](C)cc1. The number of anilines is 1. The van der Waals surface area contributed by atoms with Crippen molar-refractivity contribution >= 4 is 11.6 Å². The summed E-state index contributed by atoms with van der Waals surface area (Å²) in [7, 11) is 1.93. The maximum Gasteiger partial charge on any atom is 0.221 e. The summed E-state index contributed by atoms with van der Waals surface area (Å²) < 4.78 is 1.91. The van der Waals surface area contributed by atoms with Gasteiger partial charge in [0.05, 0.1) is 5.69 Å². The maximum absolute atomic E-state index is 10.6. The summed E-state index contributed by atoms with van der Waals surface area (Å²) in [6.45, 7) is 1.49. The average Bonchev–Trinajstić information content (AvgIpc) is 1.93. The standard InChI is InChI=1S/C8H10N2O/c1-7(11)9-8-3-5-10(2)6-4-8/h3-6H,1-2H3/p+1. The molecule has 3 heteroatoms. The third-order valence-corrected chi connectivity index (χ3v) is 1.30. The van der Waals surface area contributed by atoms with E-state index in [1.807, 2.05) is 36.1 Å². The van der Waals surface area contributed by atoms with Gasteiger partial charge in [0.2, 0.25) is 5.91 Å². The lowest BCUT2D eigenvalue weighted by Gasteiger charge is -1.97. The van der Waals surface area contributed by atoms with E-state index in [9.17, 15) is 4.79 Å². The van der Waals surface area contributed by atoms with Gasteiger partial charge in [-0.25, -0.2) is 4.57 Å². The number of amides is 1. The number of nitrogens with zero attached hydrogens (tertiary/aromatic N) is 1. The molecule has 58 valence electrons. The molecule has 1 rings (SSSR count). The van der Waals surface area contributed by atoms with E-state index >= 15 is 0 Å². The minimum atomic E-state index is -0.0427. The van der Waals surface area contributed by atoms with Gasteiger partial charge < -0.3 is 5.32 Å². The lowest BCUT2D eigenvalue weighted by atomic mass is 10.4. The highest BCUT2D eigenvalue weighted by Gasteiger charge is 1.95. The number of aromatic nitrogens is 1. The summed E-state index contributed by atoms with van der Waals surface area (Å²) >= 11 is 0. The van der Waals surface area contributed by atoms with E-state index in [-0.39, 0.29) is 5.91 Å². The summed E-state index contributed by atoms with van der Waals surface area (Å²) in [6, 6.07) is 3.70. The molecule has 0 saturated carbocycles. The van der Waals surface area contributed by atoms with Crippen LogP contribution >= 0.6 is 0 Å². The molecule has 1 aromatic rings. The molecule has 11 heavy (non-hydrogen) atoms. The molecule has 0 aliphatic rings. The zero-order valence-corrected chi connectivity index (χ0v) is 6.66. The number of aryl methyl sites for hydroxylation is 1. The first kappa shape index (κ1) is 7.72. The average molecular weight is 151 g/mol. The first-order valence-corrected chi connectivity index (χ1v) is 3.41. The predicted octanol–water partition coefficient (Wildman–Crippen LogP) is 0.469. The van der Waals surface area contributed by atoms with Gasteiger partial charge in [0.1, 0.15) is 7.05 Å². The number of hydrogen-bond acceptors (Lipinski definition) is 1. The predicted molar refractivity (Wildman–Crippen MR) is 41.9 cm³/mol. The molecule has 0 spiro atoms. The molecule has 0 fully saturated rings. The molecule has 1 aromatic heterocycles. The number of hydrogen-bond donors (Lipinski definition) is 1. The molecule has 0 atom stereocenters. The highest BCUT2D eigenvalue weighted by Crippen LogP contribution is 2.00. The van der Waals surface area contributed by atoms with Crippen molar-refractivity contribution < 1.29 is 9.36 Å². The zero-order chi connectivity index (χ0) is 8.27. The normalized spacial score (nSPS) is 9.27. The zero-order valence-electron chi connectivity index (χ0n) is 6.66. The molecule has 1 amide bonds. The van der Waals surface area contributed by atoms with E-state index in [2.05, 4.69) is 5.32 Å². The Morgan fingerprint density at radius 1 is 1.45 bits per heavy atom. The Balaban J connectivity index is 2.74. The third-order valence-electron chi connectivity index (χ3n) is 1.30. The maximum atomic E-state index is 10.6. The quantitative estimate of drug-likeness (QED) is 0.581. The summed E-state index contributed by atoms with van der Waals surface area (Å²) in [6.07, 6.45) is 3.76. The van der Waals surface area contributed by atoms with E-state index in [0.29, 0.717) is 0 Å². The van der Waals surface area contributed by atoms with Gasteiger partial charge in [-0.2, -0.15) is 0 Å². The van der Waals surface area contributed by atoms with Crippen LogP contribution in [0.1, 0.15) is 6.92 Å². The van der Waals surface area contributed by atoms with Crippen LogP contribution in [0.5, 0.6) is 0 Å². The smallest absolute Gasteiger partial charge is 0.221 e. The lowest BCUT2D eigenvalue weighted by molar-refractivity contribution is -0.671. The van der Waals surface area contributed by atoms with Crippen LogP contribution in [0.15, 0.2) is 24.5 Å². The van der Waals surface area contributed by atoms with Crippen molar-refractivity contribution in [3.8, 4) is 0 Å². The first-order chi connectivity index (χ1) is 5.18. The fraction of sp³-hybridized carbons (Fsp3) is 0.250. The van der Waals surface area contributed by atoms with Gasteiger partial charge in [-0.3, -0.25) is 4.79 Å². The van der Waals surface area contributed by atoms with Gasteiger partial charge in [-0.05, 0) is 0 Å². The number of nitrogens with one attached hydrogen (secondary N) is 1. The number of carbonyl (C=O) groups excluding carboxylic acids is 1. The van der Waals surface area contributed by atoms with Crippen molar-refractivity contribution in [2.45, 2.75) is 6.92 Å². The minimum Gasteiger partial charge on any atom is -0.326 e. The number of carbonyl (C=O) groups is 1. The first-order valence-electron chi connectivity index (χ1n) is 3.41. The summed E-state index contributed by atoms with van der Waals surface area (Å²) in [4.78, 5) is 10.6. The van der Waals surface area contributed by atoms with Gasteiger partial charge in [0.25, 0.3) is 0 Å². The molecule has 0 radical (unpaired) electrons. The molecular formula is C8H11N2O+. The molecular weight excluding hydrogens is 140 g/mol. The monoisotopic (exact) mass is 151 g/mol. The van der Waals surface area contributed by atoms with Crippen molar-refractivity contribution in [1.29, 1.82) is 0 Å². The van der Waals surface area contributed by atoms with Crippen LogP contribution in [0.2, 0.25) is 0 Å². The molecule has 0 aromatic carbocycles. The van der Waals surface area contributed by atoms with Crippen molar-refractivity contribution in [2.75, 3.05) is 5.32 Å². The van der Waals surface area contributed by atoms with E-state index in [4.69, 9.17) is 0 Å². The molecule has 1 N–H and O–H groups in total. The van der Waals surface area contributed by atoms with Crippen molar-refractivity contribution in [3.63, 3.8) is 0 Å². The molecule has 0 aliphatic carbocycles. The van der Waals surface area contributed by atoms with Gasteiger partial charge in [0.15, 0.2) is 12.4 Å². The van der Waals surface area contributed by atoms with Crippen LogP contribution in [0, 0.1) is 0 Å². The number of pyridine rings is 1. The van der Waals surface area contributed by atoms with Gasteiger partial charge in [-0.15, -0.1) is 0 Å². The largest absolute Gasteiger partial charge is 0.326 e. The van der Waals surface area contributed by atoms with Crippen molar-refractivity contribution in [2.24, 2.45) is 7.05 Å². The molecule has 1 heterocycles. The van der Waals surface area contributed by atoms with Crippen molar-refractivity contribution in [3.05, 3.63) is 24.5 Å². The highest BCUT2D eigenvalue weighted by atomic mass is 16.1. The lowest BCUT2D eigenvalue weighted by Crippen LogP contribution is -2.26. The summed E-state index contributed by atoms with van der Waals surface area (Å²) in [5.74, 6) is -0.0427. The van der Waals surface area contributed by atoms with Crippen molar-refractivity contribution in [1.82, 2.24) is 0 Å². The molecule has 3 nitrogen and oxygen atoms in total. The van der Waals surface area contributed by atoms with E-state index in [1.165, 1.54) is 6.92 Å². The second kappa shape index (κ2) is 3.14. The van der Waals surface area contributed by atoms with Crippen LogP contribution in [0.3, 0.4) is 0 Å². The second-order valence-electron chi connectivity index (χ2n) is 2.43. The topological polar surface area (TPSA) is 33.0 Å². The van der Waals surface area contributed by atoms with E-state index in [0.717, 1.165) is 5.69 Å². The molecule has 0 bridgehead atoms. The summed E-state index contributed by atoms with van der Waals surface area (Å²) in [5.41, 5.74) is 0.829. The molecule has 0 saturated heterocycles. The Labute approximate surface area is 65.7 Å². The Bertz CT molecular complexity index is 253. The molecule has 0 aliphatic heterocycles. The van der Waals surface area contributed by atoms with E-state index in [1.54, 1.807) is 0 Å². The van der Waals surface area contributed by atoms with Crippen LogP contribution in [-0.4, -0.2) is 5.91 Å². The summed E-state index contributed by atoms with van der Waals surface area (Å²) in [5, 5.41) is 2.68. The van der Waals surface area contributed by atoms with Crippen LogP contribution in [0.4, 0.5) is 5.69 Å². The Morgan fingerprint density at radius 2 is 2.00 bits per heavy atom. The second-order valence-corrected chi connectivity index (χ2v) is 2.43. The molecule has 0 unspecified atom stereocenters. The Morgan fingerprint density at radius 3 is 2.45 bits per heavy atom. The Hall–Kier alpha value is -1.38. The van der Waals surface area contributed by atoms with E-state index < -0.39 is 0 Å². The Kier molecular flexibility index (Phi) is 2.21. The fourth-order valence-corrected chi connectivity index (χ4v) is 0.788. The van der Waals surface area contributed by atoms with Crippen LogP contribution in [-0.2, 0) is 11.8 Å². The van der Waals surface area contributed by atoms with Gasteiger partial charge in [-0.1, -0.05) is 0 Å². The van der Waals surface area contributed by atoms with Gasteiger partial charge in [0, 0.05) is 19.1 Å². The number of rotatable bonds is 1. The minimum absolute atomic E-state index is 0.0427. The highest BCUT2D eigenvalue weighted by molar-refractivity contribution is 5.88. The van der Waals surface area contributed by atoms with Crippen LogP contribution in [0.25, 0.3) is 0 Å². The van der Waals surface area contributed by atoms with Gasteiger partial charge >= 0.3 is 0 Å².